The number of carbonyl (C=O) groups is 2. The van der Waals surface area contributed by atoms with Gasteiger partial charge in [0.25, 0.3) is 5.91 Å². The van der Waals surface area contributed by atoms with Crippen LogP contribution < -0.4 is 5.32 Å². The number of aromatic nitrogens is 1. The van der Waals surface area contributed by atoms with Gasteiger partial charge in [-0.15, -0.1) is 0 Å². The molecule has 25 heavy (non-hydrogen) atoms. The number of nitrogens with one attached hydrogen (secondary N) is 2. The van der Waals surface area contributed by atoms with Gasteiger partial charge in [-0.1, -0.05) is 30.3 Å². The minimum Gasteiger partial charge on any atom is -0.461 e. The van der Waals surface area contributed by atoms with Crippen molar-refractivity contribution >= 4 is 11.9 Å². The highest BCUT2D eigenvalue weighted by atomic mass is 16.5. The summed E-state index contributed by atoms with van der Waals surface area (Å²) in [7, 11) is 0. The number of aromatic amines is 1. The Hall–Kier alpha value is -2.56. The van der Waals surface area contributed by atoms with Crippen molar-refractivity contribution in [2.75, 3.05) is 0 Å². The number of hydrogen-bond acceptors (Lipinski definition) is 3. The maximum atomic E-state index is 12.4. The average Bonchev–Trinajstić information content (AvgIpc) is 3.33. The molecular formula is C20H22N2O3. The first-order valence-electron chi connectivity index (χ1n) is 8.89. The minimum atomic E-state index is -0.173. The highest BCUT2D eigenvalue weighted by Gasteiger charge is 2.37. The molecular weight excluding hydrogens is 316 g/mol. The molecule has 0 spiro atoms. The van der Waals surface area contributed by atoms with Gasteiger partial charge in [-0.2, -0.15) is 0 Å². The van der Waals surface area contributed by atoms with Crippen molar-refractivity contribution in [1.29, 1.82) is 0 Å². The maximum Gasteiger partial charge on any atom is 0.309 e. The van der Waals surface area contributed by atoms with Gasteiger partial charge in [0.15, 0.2) is 0 Å². The van der Waals surface area contributed by atoms with Gasteiger partial charge in [0, 0.05) is 12.2 Å². The molecule has 0 aliphatic heterocycles. The molecule has 1 aromatic carbocycles. The molecule has 2 aliphatic carbocycles. The average molecular weight is 338 g/mol. The number of esters is 1. The molecule has 2 N–H and O–H groups in total. The van der Waals surface area contributed by atoms with Gasteiger partial charge < -0.3 is 15.0 Å². The molecule has 1 amide bonds. The van der Waals surface area contributed by atoms with Crippen LogP contribution >= 0.6 is 0 Å². The molecule has 0 saturated heterocycles. The zero-order valence-electron chi connectivity index (χ0n) is 14.0. The monoisotopic (exact) mass is 338 g/mol. The molecule has 2 aromatic rings. The first-order chi connectivity index (χ1) is 12.2. The molecule has 2 aliphatic rings. The van der Waals surface area contributed by atoms with Crippen LogP contribution in [0.4, 0.5) is 0 Å². The second-order valence-electron chi connectivity index (χ2n) is 7.01. The molecule has 1 aromatic heterocycles. The lowest BCUT2D eigenvalue weighted by atomic mass is 9.80. The van der Waals surface area contributed by atoms with E-state index in [1.54, 1.807) is 0 Å². The van der Waals surface area contributed by atoms with Crippen molar-refractivity contribution in [2.45, 2.75) is 44.2 Å². The second kappa shape index (κ2) is 6.75. The van der Waals surface area contributed by atoms with Gasteiger partial charge >= 0.3 is 5.97 Å². The molecule has 0 bridgehead atoms. The lowest BCUT2D eigenvalue weighted by Gasteiger charge is -2.34. The van der Waals surface area contributed by atoms with Gasteiger partial charge in [-0.3, -0.25) is 9.59 Å². The van der Waals surface area contributed by atoms with Gasteiger partial charge in [0.05, 0.1) is 5.92 Å². The summed E-state index contributed by atoms with van der Waals surface area (Å²) in [6.45, 7) is 0.306. The van der Waals surface area contributed by atoms with E-state index < -0.39 is 0 Å². The van der Waals surface area contributed by atoms with Crippen LogP contribution in [0.2, 0.25) is 0 Å². The molecule has 2 fully saturated rings. The third kappa shape index (κ3) is 3.60. The summed E-state index contributed by atoms with van der Waals surface area (Å²) in [6, 6.07) is 11.7. The predicted molar refractivity (Wildman–Crippen MR) is 93.0 cm³/mol. The number of carbonyl (C=O) groups excluding carboxylic acids is 2. The minimum absolute atomic E-state index is 0.0529. The molecule has 130 valence electrons. The van der Waals surface area contributed by atoms with Gasteiger partial charge in [0.1, 0.15) is 12.3 Å². The molecule has 1 heterocycles. The van der Waals surface area contributed by atoms with Crippen molar-refractivity contribution in [1.82, 2.24) is 10.3 Å². The van der Waals surface area contributed by atoms with Gasteiger partial charge in [-0.05, 0) is 48.8 Å². The van der Waals surface area contributed by atoms with E-state index in [1.165, 1.54) is 0 Å². The van der Waals surface area contributed by atoms with Crippen LogP contribution in [0.5, 0.6) is 0 Å². The van der Waals surface area contributed by atoms with Crippen LogP contribution in [0.15, 0.2) is 42.6 Å². The Morgan fingerprint density at radius 3 is 2.60 bits per heavy atom. The third-order valence-corrected chi connectivity index (χ3v) is 5.05. The van der Waals surface area contributed by atoms with Crippen LogP contribution in [0, 0.1) is 5.92 Å². The summed E-state index contributed by atoms with van der Waals surface area (Å²) in [4.78, 5) is 27.5. The van der Waals surface area contributed by atoms with Crippen LogP contribution in [-0.4, -0.2) is 22.9 Å². The van der Waals surface area contributed by atoms with E-state index in [2.05, 4.69) is 10.3 Å². The van der Waals surface area contributed by atoms with Crippen molar-refractivity contribution in [3.05, 3.63) is 59.4 Å². The molecule has 0 radical (unpaired) electrons. The first-order valence-corrected chi connectivity index (χ1v) is 8.89. The normalized spacial score (nSPS) is 22.1. The lowest BCUT2D eigenvalue weighted by Crippen LogP contribution is -2.47. The lowest BCUT2D eigenvalue weighted by molar-refractivity contribution is -0.153. The van der Waals surface area contributed by atoms with Crippen molar-refractivity contribution in [3.8, 4) is 0 Å². The number of H-pyrrole nitrogens is 1. The summed E-state index contributed by atoms with van der Waals surface area (Å²) in [6.07, 6.45) is 5.46. The Morgan fingerprint density at radius 2 is 1.88 bits per heavy atom. The fourth-order valence-electron chi connectivity index (χ4n) is 3.34. The molecule has 2 saturated carbocycles. The molecule has 0 unspecified atom stereocenters. The Bertz CT molecular complexity index is 758. The highest BCUT2D eigenvalue weighted by Crippen LogP contribution is 2.41. The van der Waals surface area contributed by atoms with Crippen molar-refractivity contribution < 1.29 is 14.3 Å². The molecule has 5 nitrogen and oxygen atoms in total. The van der Waals surface area contributed by atoms with Gasteiger partial charge in [-0.25, -0.2) is 0 Å². The highest BCUT2D eigenvalue weighted by molar-refractivity contribution is 5.94. The quantitative estimate of drug-likeness (QED) is 0.795. The van der Waals surface area contributed by atoms with Crippen LogP contribution in [0.1, 0.15) is 53.2 Å². The number of ether oxygens (including phenoxy) is 1. The van der Waals surface area contributed by atoms with E-state index >= 15 is 0 Å². The molecule has 4 rings (SSSR count). The summed E-state index contributed by atoms with van der Waals surface area (Å²) in [5.41, 5.74) is 2.78. The zero-order valence-corrected chi connectivity index (χ0v) is 14.0. The number of hydrogen-bond donors (Lipinski definition) is 2. The second-order valence-corrected chi connectivity index (χ2v) is 7.01. The van der Waals surface area contributed by atoms with Crippen LogP contribution in [0.25, 0.3) is 0 Å². The predicted octanol–water partition coefficient (Wildman–Crippen LogP) is 3.14. The Kier molecular flexibility index (Phi) is 4.30. The van der Waals surface area contributed by atoms with E-state index in [9.17, 15) is 9.59 Å². The van der Waals surface area contributed by atoms with Crippen molar-refractivity contribution in [2.24, 2.45) is 5.92 Å². The van der Waals surface area contributed by atoms with E-state index in [0.717, 1.165) is 24.0 Å². The Balaban J connectivity index is 1.22. The van der Waals surface area contributed by atoms with Gasteiger partial charge in [0.2, 0.25) is 0 Å². The fourth-order valence-corrected chi connectivity index (χ4v) is 3.34. The summed E-state index contributed by atoms with van der Waals surface area (Å²) < 4.78 is 5.36. The third-order valence-electron chi connectivity index (χ3n) is 5.05. The first kappa shape index (κ1) is 15.9. The largest absolute Gasteiger partial charge is 0.461 e. The summed E-state index contributed by atoms with van der Waals surface area (Å²) in [5, 5.41) is 3.02. The Labute approximate surface area is 146 Å². The van der Waals surface area contributed by atoms with E-state index in [-0.39, 0.29) is 23.8 Å². The van der Waals surface area contributed by atoms with Crippen LogP contribution in [-0.2, 0) is 16.1 Å². The summed E-state index contributed by atoms with van der Waals surface area (Å²) in [5.74, 6) is 0.190. The van der Waals surface area contributed by atoms with E-state index in [1.807, 2.05) is 42.6 Å². The topological polar surface area (TPSA) is 71.2 Å². The maximum absolute atomic E-state index is 12.4. The zero-order chi connectivity index (χ0) is 17.2. The Morgan fingerprint density at radius 1 is 1.12 bits per heavy atom. The number of amides is 1. The smallest absolute Gasteiger partial charge is 0.309 e. The molecule has 0 atom stereocenters. The SMILES string of the molecule is O=C(NC1CC(C(=O)OCc2ccccc2)C1)c1[nH]ccc1C1CC1. The standard InChI is InChI=1S/C20H22N2O3/c23-19(18-17(8-9-21-18)14-6-7-14)22-16-10-15(11-16)20(24)25-12-13-4-2-1-3-5-13/h1-5,8-9,14-16,21H,6-7,10-12H2,(H,22,23). The summed E-state index contributed by atoms with van der Waals surface area (Å²) >= 11 is 0. The molecule has 5 heteroatoms. The van der Waals surface area contributed by atoms with E-state index in [0.29, 0.717) is 31.1 Å². The number of rotatable bonds is 6. The van der Waals surface area contributed by atoms with Crippen molar-refractivity contribution in [3.63, 3.8) is 0 Å². The fraction of sp³-hybridized carbons (Fsp3) is 0.400. The number of benzene rings is 1. The van der Waals surface area contributed by atoms with Crippen LogP contribution in [0.3, 0.4) is 0 Å². The van der Waals surface area contributed by atoms with E-state index in [4.69, 9.17) is 4.74 Å².